The van der Waals surface area contributed by atoms with Crippen molar-refractivity contribution in [2.24, 2.45) is 11.7 Å². The van der Waals surface area contributed by atoms with E-state index < -0.39 is 11.1 Å². The van der Waals surface area contributed by atoms with Gasteiger partial charge in [0, 0.05) is 10.9 Å². The van der Waals surface area contributed by atoms with Crippen LogP contribution in [0, 0.1) is 5.92 Å². The summed E-state index contributed by atoms with van der Waals surface area (Å²) in [7, 11) is 0. The van der Waals surface area contributed by atoms with Gasteiger partial charge in [0.15, 0.2) is 0 Å². The van der Waals surface area contributed by atoms with Crippen LogP contribution in [-0.4, -0.2) is 12.6 Å². The zero-order valence-electron chi connectivity index (χ0n) is 15.8. The average Bonchev–Trinajstić information content (AvgIpc) is 3.30. The lowest BCUT2D eigenvalue weighted by Crippen LogP contribution is -2.19. The molecule has 0 bridgehead atoms. The van der Waals surface area contributed by atoms with E-state index in [0.717, 1.165) is 49.5 Å². The molecule has 4 rings (SSSR count). The van der Waals surface area contributed by atoms with E-state index in [1.165, 1.54) is 29.2 Å². The van der Waals surface area contributed by atoms with Gasteiger partial charge in [0.1, 0.15) is 4.88 Å². The molecule has 0 saturated heterocycles. The third-order valence-electron chi connectivity index (χ3n) is 6.04. The topological polar surface area (TPSA) is 35.2 Å². The van der Waals surface area contributed by atoms with Crippen LogP contribution in [0.15, 0.2) is 30.3 Å². The Kier molecular flexibility index (Phi) is 5.81. The molecule has 0 aliphatic heterocycles. The van der Waals surface area contributed by atoms with Crippen LogP contribution < -0.4 is 5.73 Å². The lowest BCUT2D eigenvalue weighted by molar-refractivity contribution is -0.134. The highest BCUT2D eigenvalue weighted by atomic mass is 32.1. The number of halogens is 3. The van der Waals surface area contributed by atoms with Crippen LogP contribution in [0.1, 0.15) is 58.0 Å². The molecule has 2 aliphatic rings. The first-order valence-electron chi connectivity index (χ1n) is 9.99. The summed E-state index contributed by atoms with van der Waals surface area (Å²) in [6.07, 6.45) is 2.24. The molecule has 0 spiro atoms. The molecule has 2 nitrogen and oxygen atoms in total. The Morgan fingerprint density at radius 2 is 1.93 bits per heavy atom. The quantitative estimate of drug-likeness (QED) is 0.689. The highest BCUT2D eigenvalue weighted by Gasteiger charge is 2.32. The van der Waals surface area contributed by atoms with Gasteiger partial charge in [-0.2, -0.15) is 13.2 Å². The maximum atomic E-state index is 12.7. The normalized spacial score (nSPS) is 25.1. The van der Waals surface area contributed by atoms with Crippen molar-refractivity contribution >= 4 is 11.3 Å². The minimum absolute atomic E-state index is 0.255. The number of aryl methyl sites for hydroxylation is 1. The SMILES string of the molecule is NC1CCC(c2ccc3c(c2)CCC(COCc2ccc(C(F)(F)F)s2)C3)C1. The fourth-order valence-electron chi connectivity index (χ4n) is 4.50. The Hall–Kier alpha value is -1.37. The Morgan fingerprint density at radius 3 is 2.64 bits per heavy atom. The van der Waals surface area contributed by atoms with Crippen LogP contribution in [0.4, 0.5) is 13.2 Å². The maximum Gasteiger partial charge on any atom is 0.425 e. The van der Waals surface area contributed by atoms with Crippen molar-refractivity contribution in [2.45, 2.75) is 63.3 Å². The summed E-state index contributed by atoms with van der Waals surface area (Å²) < 4.78 is 43.7. The minimum Gasteiger partial charge on any atom is -0.376 e. The van der Waals surface area contributed by atoms with Crippen molar-refractivity contribution in [3.8, 4) is 0 Å². The zero-order valence-corrected chi connectivity index (χ0v) is 16.6. The maximum absolute atomic E-state index is 12.7. The zero-order chi connectivity index (χ0) is 19.7. The molecule has 2 aromatic rings. The molecule has 1 heterocycles. The smallest absolute Gasteiger partial charge is 0.376 e. The molecule has 1 aromatic carbocycles. The highest BCUT2D eigenvalue weighted by Crippen LogP contribution is 2.37. The Morgan fingerprint density at radius 1 is 1.07 bits per heavy atom. The van der Waals surface area contributed by atoms with Crippen molar-refractivity contribution in [3.05, 3.63) is 56.8 Å². The van der Waals surface area contributed by atoms with E-state index in [4.69, 9.17) is 10.5 Å². The number of hydrogen-bond donors (Lipinski definition) is 1. The summed E-state index contributed by atoms with van der Waals surface area (Å²) in [5.74, 6) is 1.04. The van der Waals surface area contributed by atoms with Crippen molar-refractivity contribution in [1.29, 1.82) is 0 Å². The molecular weight excluding hydrogens is 383 g/mol. The van der Waals surface area contributed by atoms with Crippen LogP contribution in [0.5, 0.6) is 0 Å². The van der Waals surface area contributed by atoms with Gasteiger partial charge in [-0.3, -0.25) is 0 Å². The van der Waals surface area contributed by atoms with E-state index in [2.05, 4.69) is 18.2 Å². The fraction of sp³-hybridized carbons (Fsp3) is 0.545. The lowest BCUT2D eigenvalue weighted by Gasteiger charge is -2.25. The number of ether oxygens (including phenoxy) is 1. The molecule has 3 atom stereocenters. The summed E-state index contributed by atoms with van der Waals surface area (Å²) in [6, 6.07) is 9.89. The van der Waals surface area contributed by atoms with E-state index in [1.807, 2.05) is 0 Å². The average molecular weight is 410 g/mol. The molecule has 28 heavy (non-hydrogen) atoms. The fourth-order valence-corrected chi connectivity index (χ4v) is 5.31. The van der Waals surface area contributed by atoms with Crippen molar-refractivity contribution < 1.29 is 17.9 Å². The molecule has 2 aliphatic carbocycles. The first-order valence-corrected chi connectivity index (χ1v) is 10.8. The number of fused-ring (bicyclic) bond motifs is 1. The van der Waals surface area contributed by atoms with Crippen molar-refractivity contribution in [2.75, 3.05) is 6.61 Å². The van der Waals surface area contributed by atoms with E-state index >= 15 is 0 Å². The molecule has 1 aromatic heterocycles. The van der Waals surface area contributed by atoms with Gasteiger partial charge >= 0.3 is 6.18 Å². The third-order valence-corrected chi connectivity index (χ3v) is 7.15. The molecule has 1 saturated carbocycles. The summed E-state index contributed by atoms with van der Waals surface area (Å²) in [6.45, 7) is 0.850. The van der Waals surface area contributed by atoms with E-state index in [0.29, 0.717) is 29.4 Å². The number of alkyl halides is 3. The number of hydrogen-bond acceptors (Lipinski definition) is 3. The minimum atomic E-state index is -4.27. The van der Waals surface area contributed by atoms with E-state index in [1.54, 1.807) is 0 Å². The predicted octanol–water partition coefficient (Wildman–Crippen LogP) is 5.68. The van der Waals surface area contributed by atoms with Gasteiger partial charge in [0.25, 0.3) is 0 Å². The lowest BCUT2D eigenvalue weighted by atomic mass is 9.82. The van der Waals surface area contributed by atoms with Crippen LogP contribution >= 0.6 is 11.3 Å². The molecule has 0 amide bonds. The van der Waals surface area contributed by atoms with Gasteiger partial charge < -0.3 is 10.5 Å². The Balaban J connectivity index is 1.29. The van der Waals surface area contributed by atoms with Gasteiger partial charge in [0.05, 0.1) is 13.2 Å². The van der Waals surface area contributed by atoms with Gasteiger partial charge in [-0.15, -0.1) is 11.3 Å². The van der Waals surface area contributed by atoms with Gasteiger partial charge in [-0.1, -0.05) is 18.2 Å². The molecule has 152 valence electrons. The molecule has 3 unspecified atom stereocenters. The van der Waals surface area contributed by atoms with Crippen LogP contribution in [0.2, 0.25) is 0 Å². The monoisotopic (exact) mass is 409 g/mol. The Bertz CT molecular complexity index is 816. The van der Waals surface area contributed by atoms with E-state index in [-0.39, 0.29) is 6.61 Å². The largest absolute Gasteiger partial charge is 0.425 e. The number of benzene rings is 1. The van der Waals surface area contributed by atoms with Crippen LogP contribution in [0.25, 0.3) is 0 Å². The molecule has 6 heteroatoms. The van der Waals surface area contributed by atoms with Gasteiger partial charge in [-0.25, -0.2) is 0 Å². The molecular formula is C22H26F3NOS. The number of thiophene rings is 1. The third kappa shape index (κ3) is 4.61. The number of nitrogens with two attached hydrogens (primary N) is 1. The van der Waals surface area contributed by atoms with Gasteiger partial charge in [0.2, 0.25) is 0 Å². The predicted molar refractivity (Wildman–Crippen MR) is 106 cm³/mol. The summed E-state index contributed by atoms with van der Waals surface area (Å²) in [4.78, 5) is 0.0691. The first kappa shape index (κ1) is 19.9. The molecule has 1 fully saturated rings. The molecule has 0 radical (unpaired) electrons. The van der Waals surface area contributed by atoms with Crippen LogP contribution in [-0.2, 0) is 30.4 Å². The summed E-state index contributed by atoms with van der Waals surface area (Å²) in [5.41, 5.74) is 10.3. The van der Waals surface area contributed by atoms with Crippen LogP contribution in [0.3, 0.4) is 0 Å². The number of rotatable bonds is 5. The van der Waals surface area contributed by atoms with Gasteiger partial charge in [-0.05, 0) is 79.2 Å². The standard InChI is InChI=1S/C22H26F3NOS/c23-22(24,25)21-8-7-20(28-21)13-27-12-14-1-2-16-10-17(4-3-15(16)9-14)18-5-6-19(26)11-18/h3-4,7-8,10,14,18-19H,1-2,5-6,9,11-13,26H2. The molecule has 2 N–H and O–H groups in total. The van der Waals surface area contributed by atoms with E-state index in [9.17, 15) is 13.2 Å². The summed E-state index contributed by atoms with van der Waals surface area (Å²) in [5, 5.41) is 0. The second kappa shape index (κ2) is 8.17. The van der Waals surface area contributed by atoms with Crippen molar-refractivity contribution in [1.82, 2.24) is 0 Å². The first-order chi connectivity index (χ1) is 13.4. The highest BCUT2D eigenvalue weighted by molar-refractivity contribution is 7.12. The second-order valence-corrected chi connectivity index (χ2v) is 9.35. The van der Waals surface area contributed by atoms with Crippen molar-refractivity contribution in [3.63, 3.8) is 0 Å². The second-order valence-electron chi connectivity index (χ2n) is 8.19. The summed E-state index contributed by atoms with van der Waals surface area (Å²) >= 11 is 0.770. The Labute approximate surface area is 167 Å².